The number of rotatable bonds is 8. The second kappa shape index (κ2) is 11.1. The highest BCUT2D eigenvalue weighted by Gasteiger charge is 2.34. The molecule has 214 valence electrons. The van der Waals surface area contributed by atoms with Gasteiger partial charge in [0.25, 0.3) is 5.91 Å². The number of nitrogens with zero attached hydrogens (tertiary/aromatic N) is 2. The minimum Gasteiger partial charge on any atom is -0.493 e. The summed E-state index contributed by atoms with van der Waals surface area (Å²) in [6, 6.07) is 2.23. The number of alkyl halides is 4. The van der Waals surface area contributed by atoms with Crippen molar-refractivity contribution in [1.29, 1.82) is 0 Å². The van der Waals surface area contributed by atoms with E-state index in [4.69, 9.17) is 4.74 Å². The third kappa shape index (κ3) is 5.90. The van der Waals surface area contributed by atoms with E-state index in [2.05, 4.69) is 25.6 Å². The van der Waals surface area contributed by atoms with Gasteiger partial charge in [-0.25, -0.2) is 14.4 Å². The summed E-state index contributed by atoms with van der Waals surface area (Å²) in [4.78, 5) is 36.6. The Hall–Kier alpha value is -3.70. The Morgan fingerprint density at radius 1 is 1.12 bits per heavy atom. The number of fused-ring (bicyclic) bond motifs is 1. The lowest BCUT2D eigenvalue weighted by Crippen LogP contribution is -2.49. The molecule has 2 aliphatic rings. The van der Waals surface area contributed by atoms with Crippen LogP contribution in [0.5, 0.6) is 5.75 Å². The number of H-pyrrole nitrogens is 1. The van der Waals surface area contributed by atoms with Crippen molar-refractivity contribution in [3.05, 3.63) is 41.3 Å². The number of aromatic amines is 1. The predicted molar refractivity (Wildman–Crippen MR) is 140 cm³/mol. The van der Waals surface area contributed by atoms with E-state index < -0.39 is 35.9 Å². The van der Waals surface area contributed by atoms with Gasteiger partial charge in [0.1, 0.15) is 29.5 Å². The fourth-order valence-electron chi connectivity index (χ4n) is 5.09. The predicted octanol–water partition coefficient (Wildman–Crippen LogP) is 5.26. The summed E-state index contributed by atoms with van der Waals surface area (Å²) >= 11 is 0. The molecule has 2 aromatic heterocycles. The van der Waals surface area contributed by atoms with Gasteiger partial charge in [0.15, 0.2) is 0 Å². The Kier molecular flexibility index (Phi) is 7.70. The van der Waals surface area contributed by atoms with Crippen LogP contribution in [0.3, 0.4) is 0 Å². The van der Waals surface area contributed by atoms with E-state index in [-0.39, 0.29) is 46.8 Å². The SMILES string of the molecule is CCC(=O)N[C@@H]1CC[C@@H](NC(=O)c2c(C)[nH]c3c(-c4cc(C(F)(F)F)ccc4OCC4CC4)ncnc23)C[C@H]1F. The van der Waals surface area contributed by atoms with Crippen LogP contribution in [-0.2, 0) is 11.0 Å². The quantitative estimate of drug-likeness (QED) is 0.325. The molecular formula is C28H31F4N5O3. The van der Waals surface area contributed by atoms with Crippen molar-refractivity contribution in [1.82, 2.24) is 25.6 Å². The van der Waals surface area contributed by atoms with Crippen molar-refractivity contribution in [2.24, 2.45) is 5.92 Å². The largest absolute Gasteiger partial charge is 0.493 e. The van der Waals surface area contributed by atoms with Gasteiger partial charge in [-0.2, -0.15) is 13.2 Å². The van der Waals surface area contributed by atoms with E-state index in [0.717, 1.165) is 25.0 Å². The number of aromatic nitrogens is 3. The molecule has 5 rings (SSSR count). The van der Waals surface area contributed by atoms with Crippen LogP contribution in [0.2, 0.25) is 0 Å². The number of aryl methyl sites for hydroxylation is 1. The first-order valence-electron chi connectivity index (χ1n) is 13.5. The third-order valence-corrected chi connectivity index (χ3v) is 7.51. The summed E-state index contributed by atoms with van der Waals surface area (Å²) in [5.41, 5.74) is 0.677. The van der Waals surface area contributed by atoms with Crippen LogP contribution in [0.1, 0.15) is 67.1 Å². The van der Waals surface area contributed by atoms with Crippen LogP contribution in [0.25, 0.3) is 22.3 Å². The lowest BCUT2D eigenvalue weighted by atomic mass is 9.89. The number of carbonyl (C=O) groups is 2. The van der Waals surface area contributed by atoms with Crippen LogP contribution in [0.15, 0.2) is 24.5 Å². The number of halogens is 4. The second-order valence-electron chi connectivity index (χ2n) is 10.6. The monoisotopic (exact) mass is 561 g/mol. The van der Waals surface area contributed by atoms with Gasteiger partial charge in [0.2, 0.25) is 5.91 Å². The molecule has 0 saturated heterocycles. The maximum Gasteiger partial charge on any atom is 0.416 e. The molecule has 12 heteroatoms. The van der Waals surface area contributed by atoms with Gasteiger partial charge in [0, 0.05) is 30.1 Å². The molecule has 0 radical (unpaired) electrons. The fraction of sp³-hybridized carbons (Fsp3) is 0.500. The molecule has 0 bridgehead atoms. The molecule has 0 spiro atoms. The van der Waals surface area contributed by atoms with Crippen molar-refractivity contribution in [3.8, 4) is 17.0 Å². The van der Waals surface area contributed by atoms with Gasteiger partial charge < -0.3 is 20.4 Å². The van der Waals surface area contributed by atoms with Gasteiger partial charge in [-0.3, -0.25) is 9.59 Å². The molecule has 1 aromatic carbocycles. The van der Waals surface area contributed by atoms with Gasteiger partial charge in [-0.15, -0.1) is 0 Å². The second-order valence-corrected chi connectivity index (χ2v) is 10.6. The number of ether oxygens (including phenoxy) is 1. The highest BCUT2D eigenvalue weighted by molar-refractivity contribution is 6.09. The van der Waals surface area contributed by atoms with E-state index in [1.54, 1.807) is 13.8 Å². The topological polar surface area (TPSA) is 109 Å². The summed E-state index contributed by atoms with van der Waals surface area (Å²) in [6.45, 7) is 3.75. The molecule has 3 aromatic rings. The minimum absolute atomic E-state index is 0.0496. The first-order valence-corrected chi connectivity index (χ1v) is 13.5. The van der Waals surface area contributed by atoms with Crippen molar-refractivity contribution in [2.45, 2.75) is 76.8 Å². The highest BCUT2D eigenvalue weighted by atomic mass is 19.4. The molecule has 0 unspecified atom stereocenters. The maximum atomic E-state index is 14.7. The number of benzene rings is 1. The molecule has 2 heterocycles. The van der Waals surface area contributed by atoms with Crippen molar-refractivity contribution >= 4 is 22.8 Å². The van der Waals surface area contributed by atoms with Crippen LogP contribution in [0, 0.1) is 12.8 Å². The number of hydrogen-bond acceptors (Lipinski definition) is 5. The molecule has 3 N–H and O–H groups in total. The van der Waals surface area contributed by atoms with Crippen LogP contribution in [0.4, 0.5) is 17.6 Å². The molecule has 2 aliphatic carbocycles. The lowest BCUT2D eigenvalue weighted by molar-refractivity contribution is -0.137. The third-order valence-electron chi connectivity index (χ3n) is 7.51. The molecule has 40 heavy (non-hydrogen) atoms. The summed E-state index contributed by atoms with van der Waals surface area (Å²) in [7, 11) is 0. The Morgan fingerprint density at radius 2 is 1.90 bits per heavy atom. The number of amides is 2. The van der Waals surface area contributed by atoms with Crippen molar-refractivity contribution in [2.75, 3.05) is 6.61 Å². The van der Waals surface area contributed by atoms with Gasteiger partial charge in [-0.05, 0) is 56.7 Å². The summed E-state index contributed by atoms with van der Waals surface area (Å²) < 4.78 is 61.4. The first kappa shape index (κ1) is 27.9. The highest BCUT2D eigenvalue weighted by Crippen LogP contribution is 2.40. The van der Waals surface area contributed by atoms with Crippen LogP contribution >= 0.6 is 0 Å². The van der Waals surface area contributed by atoms with Gasteiger partial charge in [0.05, 0.1) is 29.3 Å². The average molecular weight is 562 g/mol. The summed E-state index contributed by atoms with van der Waals surface area (Å²) in [6.07, 6.45) is -1.46. The molecule has 8 nitrogen and oxygen atoms in total. The first-order chi connectivity index (χ1) is 19.0. The van der Waals surface area contributed by atoms with E-state index in [1.807, 2.05) is 0 Å². The maximum absolute atomic E-state index is 14.7. The molecule has 2 saturated carbocycles. The molecule has 3 atom stereocenters. The Labute approximate surface area is 228 Å². The number of nitrogens with one attached hydrogen (secondary N) is 3. The number of hydrogen-bond donors (Lipinski definition) is 3. The Morgan fingerprint density at radius 3 is 2.58 bits per heavy atom. The van der Waals surface area contributed by atoms with Crippen molar-refractivity contribution in [3.63, 3.8) is 0 Å². The van der Waals surface area contributed by atoms with E-state index in [9.17, 15) is 27.2 Å². The summed E-state index contributed by atoms with van der Waals surface area (Å²) in [5.74, 6) is -0.0534. The van der Waals surface area contributed by atoms with Crippen molar-refractivity contribution < 1.29 is 31.9 Å². The smallest absolute Gasteiger partial charge is 0.416 e. The normalized spacial score (nSPS) is 21.3. The zero-order valence-electron chi connectivity index (χ0n) is 22.2. The standard InChI is InChI=1S/C28H31F4N5O3/c1-3-22(38)37-20-8-7-17(11-19(20)29)36-27(39)23-14(2)35-26-24(33-13-34-25(23)26)18-10-16(28(30,31)32)6-9-21(18)40-12-15-4-5-15/h6,9-10,13,15,17,19-20,35H,3-5,7-8,11-12H2,1-2H3,(H,36,39)(H,37,38)/t17-,19-,20-/m1/s1. The summed E-state index contributed by atoms with van der Waals surface area (Å²) in [5, 5.41) is 5.55. The van der Waals surface area contributed by atoms with Crippen LogP contribution < -0.4 is 15.4 Å². The fourth-order valence-corrected chi connectivity index (χ4v) is 5.09. The van der Waals surface area contributed by atoms with Crippen LogP contribution in [-0.4, -0.2) is 51.6 Å². The zero-order chi connectivity index (χ0) is 28.6. The molecule has 2 fully saturated rings. The van der Waals surface area contributed by atoms with Gasteiger partial charge >= 0.3 is 6.18 Å². The molecular weight excluding hydrogens is 530 g/mol. The molecule has 0 aliphatic heterocycles. The van der Waals surface area contributed by atoms with E-state index in [0.29, 0.717) is 36.6 Å². The Balaban J connectivity index is 1.43. The van der Waals surface area contributed by atoms with E-state index >= 15 is 0 Å². The van der Waals surface area contributed by atoms with Gasteiger partial charge in [-0.1, -0.05) is 6.92 Å². The Bertz CT molecular complexity index is 1420. The number of carbonyl (C=O) groups excluding carboxylic acids is 2. The molecule has 2 amide bonds. The minimum atomic E-state index is -4.57. The zero-order valence-corrected chi connectivity index (χ0v) is 22.2. The lowest BCUT2D eigenvalue weighted by Gasteiger charge is -2.32. The van der Waals surface area contributed by atoms with E-state index in [1.165, 1.54) is 12.4 Å². The average Bonchev–Trinajstić information content (AvgIpc) is 3.67.